The van der Waals surface area contributed by atoms with E-state index < -0.39 is 18.0 Å². The number of furan rings is 1. The van der Waals surface area contributed by atoms with Crippen LogP contribution in [0.25, 0.3) is 17.4 Å². The average molecular weight is 617 g/mol. The number of benzene rings is 2. The van der Waals surface area contributed by atoms with E-state index in [1.165, 1.54) is 30.1 Å². The van der Waals surface area contributed by atoms with Crippen LogP contribution in [0.5, 0.6) is 5.75 Å². The Morgan fingerprint density at radius 2 is 1.77 bits per heavy atom. The van der Waals surface area contributed by atoms with Gasteiger partial charge in [-0.05, 0) is 43.7 Å². The molecule has 0 aliphatic carbocycles. The molecule has 0 saturated carbocycles. The quantitative estimate of drug-likeness (QED) is 0.181. The van der Waals surface area contributed by atoms with Crippen LogP contribution in [0.2, 0.25) is 0 Å². The highest BCUT2D eigenvalue weighted by Gasteiger charge is 2.35. The predicted octanol–water partition coefficient (Wildman–Crippen LogP) is 4.26. The lowest BCUT2D eigenvalue weighted by atomic mass is 9.95. The topological polar surface area (TPSA) is 119 Å². The van der Waals surface area contributed by atoms with Crippen molar-refractivity contribution in [2.45, 2.75) is 26.3 Å². The summed E-state index contributed by atoms with van der Waals surface area (Å²) in [4.78, 5) is 44.3. The first-order chi connectivity index (χ1) is 21.4. The maximum atomic E-state index is 14.0. The Bertz CT molecular complexity index is 1880. The van der Waals surface area contributed by atoms with Crippen LogP contribution in [0.1, 0.15) is 48.0 Å². The average Bonchev–Trinajstić information content (AvgIpc) is 3.63. The first kappa shape index (κ1) is 30.7. The van der Waals surface area contributed by atoms with Crippen LogP contribution in [0, 0.1) is 0 Å². The Morgan fingerprint density at radius 3 is 2.50 bits per heavy atom. The fourth-order valence-corrected chi connectivity index (χ4v) is 5.85. The zero-order valence-corrected chi connectivity index (χ0v) is 25.6. The summed E-state index contributed by atoms with van der Waals surface area (Å²) >= 11 is 1.20. The van der Waals surface area contributed by atoms with E-state index in [-0.39, 0.29) is 24.3 Å². The van der Waals surface area contributed by atoms with Gasteiger partial charge in [-0.2, -0.15) is 0 Å². The van der Waals surface area contributed by atoms with Crippen molar-refractivity contribution in [1.82, 2.24) is 4.57 Å². The summed E-state index contributed by atoms with van der Waals surface area (Å²) in [6.07, 6.45) is 2.45. The van der Waals surface area contributed by atoms with E-state index in [9.17, 15) is 14.4 Å². The third-order valence-corrected chi connectivity index (χ3v) is 7.91. The predicted molar refractivity (Wildman–Crippen MR) is 164 cm³/mol. The molecule has 4 aromatic rings. The molecule has 0 amide bonds. The number of hydrogen-bond acceptors (Lipinski definition) is 10. The van der Waals surface area contributed by atoms with Gasteiger partial charge < -0.3 is 23.4 Å². The summed E-state index contributed by atoms with van der Waals surface area (Å²) in [6, 6.07) is 16.9. The van der Waals surface area contributed by atoms with Crippen LogP contribution in [0.4, 0.5) is 0 Å². The van der Waals surface area contributed by atoms with Crippen molar-refractivity contribution in [2.24, 2.45) is 4.99 Å². The van der Waals surface area contributed by atoms with Crippen molar-refractivity contribution < 1.29 is 33.0 Å². The van der Waals surface area contributed by atoms with Crippen molar-refractivity contribution >= 4 is 29.4 Å². The number of allylic oxidation sites excluding steroid dienone is 1. The number of carbonyl (C=O) groups excluding carboxylic acids is 2. The molecular weight excluding hydrogens is 584 g/mol. The third-order valence-electron chi connectivity index (χ3n) is 6.93. The highest BCUT2D eigenvalue weighted by Crippen LogP contribution is 2.36. The number of rotatable bonds is 11. The number of ether oxygens (including phenoxy) is 4. The number of esters is 2. The van der Waals surface area contributed by atoms with E-state index in [1.807, 2.05) is 31.2 Å². The maximum absolute atomic E-state index is 14.0. The van der Waals surface area contributed by atoms with Crippen LogP contribution < -0.4 is 19.6 Å². The number of hydrogen-bond donors (Lipinski definition) is 0. The molecule has 2 aromatic heterocycles. The SMILES string of the molecule is CCCOc1ccccc1[C@@H]1C(C(=O)OCCOC)=C(C)N=c2s/c(=C/c3ccc(-c4ccc(C(=O)OC)cc4)o3)c(=O)n21. The summed E-state index contributed by atoms with van der Waals surface area (Å²) in [5.41, 5.74) is 2.21. The number of fused-ring (bicyclic) bond motifs is 1. The lowest BCUT2D eigenvalue weighted by Crippen LogP contribution is -2.40. The van der Waals surface area contributed by atoms with Crippen LogP contribution in [0.15, 0.2) is 86.1 Å². The van der Waals surface area contributed by atoms with Gasteiger partial charge in [0, 0.05) is 24.3 Å². The minimum atomic E-state index is -0.822. The number of methoxy groups -OCH3 is 2. The van der Waals surface area contributed by atoms with Gasteiger partial charge in [0.25, 0.3) is 5.56 Å². The molecule has 228 valence electrons. The summed E-state index contributed by atoms with van der Waals surface area (Å²) in [7, 11) is 2.85. The fraction of sp³-hybridized carbons (Fsp3) is 0.273. The van der Waals surface area contributed by atoms with E-state index >= 15 is 0 Å². The molecule has 0 radical (unpaired) electrons. The minimum Gasteiger partial charge on any atom is -0.493 e. The van der Waals surface area contributed by atoms with Gasteiger partial charge in [-0.3, -0.25) is 9.36 Å². The van der Waals surface area contributed by atoms with Gasteiger partial charge in [0.1, 0.15) is 29.9 Å². The van der Waals surface area contributed by atoms with Crippen LogP contribution in [0.3, 0.4) is 0 Å². The largest absolute Gasteiger partial charge is 0.493 e. The molecule has 0 fully saturated rings. The molecule has 0 saturated heterocycles. The Balaban J connectivity index is 1.58. The smallest absolute Gasteiger partial charge is 0.338 e. The molecule has 44 heavy (non-hydrogen) atoms. The molecule has 11 heteroatoms. The lowest BCUT2D eigenvalue weighted by molar-refractivity contribution is -0.140. The Morgan fingerprint density at radius 1 is 1.00 bits per heavy atom. The van der Waals surface area contributed by atoms with Crippen molar-refractivity contribution in [3.05, 3.63) is 109 Å². The second kappa shape index (κ2) is 13.7. The molecule has 0 unspecified atom stereocenters. The first-order valence-corrected chi connectivity index (χ1v) is 14.9. The fourth-order valence-electron chi connectivity index (χ4n) is 4.83. The van der Waals surface area contributed by atoms with Crippen LogP contribution >= 0.6 is 11.3 Å². The van der Waals surface area contributed by atoms with Gasteiger partial charge in [-0.1, -0.05) is 48.6 Å². The molecule has 10 nitrogen and oxygen atoms in total. The van der Waals surface area contributed by atoms with E-state index in [2.05, 4.69) is 4.99 Å². The van der Waals surface area contributed by atoms with Crippen molar-refractivity contribution in [3.8, 4) is 17.1 Å². The molecule has 1 atom stereocenters. The standard InChI is InChI=1S/C33H32N2O8S/c1-5-16-41-26-9-7-6-8-24(26)29-28(32(38)42-18-17-39-3)20(2)34-33-35(29)30(36)27(44-33)19-23-14-15-25(43-23)21-10-12-22(13-11-21)31(37)40-4/h6-15,19,29H,5,16-18H2,1-4H3/b27-19+/t29-/m1/s1. The van der Waals surface area contributed by atoms with Crippen LogP contribution in [-0.2, 0) is 19.0 Å². The summed E-state index contributed by atoms with van der Waals surface area (Å²) < 4.78 is 29.3. The molecule has 3 heterocycles. The number of nitrogens with zero attached hydrogens (tertiary/aromatic N) is 2. The maximum Gasteiger partial charge on any atom is 0.338 e. The molecular formula is C33H32N2O8S. The summed E-state index contributed by atoms with van der Waals surface area (Å²) in [5, 5.41) is 0. The Labute approximate surface area is 257 Å². The molecule has 1 aliphatic rings. The zero-order chi connectivity index (χ0) is 31.2. The van der Waals surface area contributed by atoms with E-state index in [0.717, 1.165) is 12.0 Å². The second-order valence-corrected chi connectivity index (χ2v) is 10.9. The van der Waals surface area contributed by atoms with Gasteiger partial charge in [0.15, 0.2) is 4.80 Å². The third kappa shape index (κ3) is 6.29. The number of para-hydroxylation sites is 1. The monoisotopic (exact) mass is 616 g/mol. The van der Waals surface area contributed by atoms with E-state index in [1.54, 1.807) is 49.4 Å². The number of carbonyl (C=O) groups is 2. The van der Waals surface area contributed by atoms with E-state index in [0.29, 0.717) is 50.0 Å². The van der Waals surface area contributed by atoms with Crippen molar-refractivity contribution in [2.75, 3.05) is 34.0 Å². The highest BCUT2D eigenvalue weighted by atomic mass is 32.1. The van der Waals surface area contributed by atoms with Gasteiger partial charge in [-0.15, -0.1) is 0 Å². The normalized spacial score (nSPS) is 14.6. The zero-order valence-electron chi connectivity index (χ0n) is 24.8. The Hall–Kier alpha value is -4.74. The highest BCUT2D eigenvalue weighted by molar-refractivity contribution is 7.07. The van der Waals surface area contributed by atoms with Gasteiger partial charge in [-0.25, -0.2) is 14.6 Å². The van der Waals surface area contributed by atoms with Crippen molar-refractivity contribution in [3.63, 3.8) is 0 Å². The molecule has 0 spiro atoms. The summed E-state index contributed by atoms with van der Waals surface area (Å²) in [5.74, 6) is 0.589. The molecule has 5 rings (SSSR count). The second-order valence-electron chi connectivity index (χ2n) is 9.87. The first-order valence-electron chi connectivity index (χ1n) is 14.0. The number of aromatic nitrogens is 1. The minimum absolute atomic E-state index is 0.0590. The number of thiazole rings is 1. The molecule has 2 aromatic carbocycles. The molecule has 1 aliphatic heterocycles. The molecule has 0 bridgehead atoms. The van der Waals surface area contributed by atoms with E-state index in [4.69, 9.17) is 23.4 Å². The van der Waals surface area contributed by atoms with Crippen LogP contribution in [-0.4, -0.2) is 50.5 Å². The molecule has 0 N–H and O–H groups in total. The van der Waals surface area contributed by atoms with Gasteiger partial charge in [0.2, 0.25) is 0 Å². The van der Waals surface area contributed by atoms with Crippen molar-refractivity contribution in [1.29, 1.82) is 0 Å². The van der Waals surface area contributed by atoms with Gasteiger partial charge >= 0.3 is 11.9 Å². The Kier molecular flexibility index (Phi) is 9.56. The summed E-state index contributed by atoms with van der Waals surface area (Å²) in [6.45, 7) is 4.51. The lowest BCUT2D eigenvalue weighted by Gasteiger charge is -2.26. The van der Waals surface area contributed by atoms with Gasteiger partial charge in [0.05, 0.1) is 41.7 Å².